The molecule has 0 spiro atoms. The number of benzene rings is 1. The van der Waals surface area contributed by atoms with Crippen LogP contribution in [0.3, 0.4) is 0 Å². The molecule has 1 aromatic carbocycles. The van der Waals surface area contributed by atoms with Gasteiger partial charge in [-0.2, -0.15) is 8.42 Å². The van der Waals surface area contributed by atoms with E-state index in [0.29, 0.717) is 22.8 Å². The second-order valence-electron chi connectivity index (χ2n) is 5.09. The monoisotopic (exact) mass is 362 g/mol. The lowest BCUT2D eigenvalue weighted by molar-refractivity contribution is 0.415. The molecule has 25 heavy (non-hydrogen) atoms. The zero-order chi connectivity index (χ0) is 17.9. The number of hydrogen-bond donors (Lipinski definition) is 1. The zero-order valence-corrected chi connectivity index (χ0v) is 14.1. The van der Waals surface area contributed by atoms with Gasteiger partial charge in [-0.3, -0.25) is 9.29 Å². The van der Waals surface area contributed by atoms with E-state index in [1.807, 2.05) is 0 Å². The largest absolute Gasteiger partial charge is 0.497 e. The number of nitrogens with zero attached hydrogens (tertiary/aromatic N) is 3. The Hall–Kier alpha value is -2.94. The molecule has 9 heteroatoms. The van der Waals surface area contributed by atoms with E-state index < -0.39 is 16.7 Å². The van der Waals surface area contributed by atoms with Gasteiger partial charge >= 0.3 is 0 Å². The summed E-state index contributed by atoms with van der Waals surface area (Å²) in [5.41, 5.74) is 0.791. The van der Waals surface area contributed by atoms with Crippen LogP contribution in [0.2, 0.25) is 0 Å². The molecule has 0 unspecified atom stereocenters. The summed E-state index contributed by atoms with van der Waals surface area (Å²) < 4.78 is 46.7. The van der Waals surface area contributed by atoms with Crippen molar-refractivity contribution >= 4 is 15.7 Å². The predicted octanol–water partition coefficient (Wildman–Crippen LogP) is 2.55. The molecule has 7 nitrogen and oxygen atoms in total. The maximum Gasteiger partial charge on any atom is 0.279 e. The van der Waals surface area contributed by atoms with Crippen molar-refractivity contribution < 1.29 is 17.5 Å². The first-order valence-corrected chi connectivity index (χ1v) is 8.72. The fraction of sp³-hybridized carbons (Fsp3) is 0.125. The highest BCUT2D eigenvalue weighted by molar-refractivity contribution is 7.92. The second-order valence-corrected chi connectivity index (χ2v) is 6.72. The van der Waals surface area contributed by atoms with E-state index in [-0.39, 0.29) is 5.03 Å². The summed E-state index contributed by atoms with van der Waals surface area (Å²) in [6.45, 7) is -0.638. The van der Waals surface area contributed by atoms with E-state index in [9.17, 15) is 12.8 Å². The van der Waals surface area contributed by atoms with Crippen LogP contribution in [0, 0.1) is 0 Å². The van der Waals surface area contributed by atoms with Gasteiger partial charge in [-0.15, -0.1) is 0 Å². The Morgan fingerprint density at radius 1 is 1.16 bits per heavy atom. The fourth-order valence-corrected chi connectivity index (χ4v) is 3.31. The summed E-state index contributed by atoms with van der Waals surface area (Å²) in [5, 5.41) is -0.0798. The zero-order valence-electron chi connectivity index (χ0n) is 13.3. The Kier molecular flexibility index (Phi) is 4.66. The molecule has 0 aliphatic carbocycles. The van der Waals surface area contributed by atoms with Crippen molar-refractivity contribution in [3.63, 3.8) is 0 Å². The predicted molar refractivity (Wildman–Crippen MR) is 90.0 cm³/mol. The van der Waals surface area contributed by atoms with Crippen molar-refractivity contribution in [3.05, 3.63) is 60.7 Å². The number of hydrogen-bond acceptors (Lipinski definition) is 5. The third kappa shape index (κ3) is 3.61. The van der Waals surface area contributed by atoms with Crippen molar-refractivity contribution in [2.45, 2.75) is 11.7 Å². The van der Waals surface area contributed by atoms with Crippen LogP contribution in [-0.4, -0.2) is 30.1 Å². The standard InChI is InChI=1S/C16H15FN4O3S/c1-24-14-5-3-13(4-6-14)20-25(22,23)16-10-18-11-21(16)15-7-2-12(8-17)9-19-15/h2-7,9-11,20H,8H2,1H3. The minimum Gasteiger partial charge on any atom is -0.497 e. The fourth-order valence-electron chi connectivity index (χ4n) is 2.16. The lowest BCUT2D eigenvalue weighted by atomic mass is 10.3. The summed E-state index contributed by atoms with van der Waals surface area (Å²) in [7, 11) is -2.36. The molecule has 2 aromatic heterocycles. The number of rotatable bonds is 6. The molecule has 3 rings (SSSR count). The Morgan fingerprint density at radius 3 is 2.52 bits per heavy atom. The van der Waals surface area contributed by atoms with Crippen molar-refractivity contribution in [1.29, 1.82) is 0 Å². The average molecular weight is 362 g/mol. The molecular formula is C16H15FN4O3S. The summed E-state index contributed by atoms with van der Waals surface area (Å²) in [4.78, 5) is 7.96. The Bertz CT molecular complexity index is 954. The third-order valence-electron chi connectivity index (χ3n) is 3.43. The number of imidazole rings is 1. The molecule has 3 aromatic rings. The van der Waals surface area contributed by atoms with Gasteiger partial charge in [0.2, 0.25) is 0 Å². The molecule has 0 saturated heterocycles. The number of sulfonamides is 1. The lowest BCUT2D eigenvalue weighted by Gasteiger charge is -2.11. The van der Waals surface area contributed by atoms with Gasteiger partial charge in [-0.05, 0) is 30.3 Å². The molecule has 0 fully saturated rings. The van der Waals surface area contributed by atoms with Crippen molar-refractivity contribution in [3.8, 4) is 11.6 Å². The van der Waals surface area contributed by atoms with Gasteiger partial charge in [0, 0.05) is 17.4 Å². The van der Waals surface area contributed by atoms with Gasteiger partial charge in [0.05, 0.1) is 13.3 Å². The number of aromatic nitrogens is 3. The SMILES string of the molecule is COc1ccc(NS(=O)(=O)c2cncn2-c2ccc(CF)cn2)cc1. The van der Waals surface area contributed by atoms with Gasteiger partial charge in [0.1, 0.15) is 24.6 Å². The summed E-state index contributed by atoms with van der Waals surface area (Å²) in [6, 6.07) is 9.54. The Labute approximate surface area is 144 Å². The van der Waals surface area contributed by atoms with Crippen molar-refractivity contribution in [1.82, 2.24) is 14.5 Å². The van der Waals surface area contributed by atoms with Gasteiger partial charge in [-0.25, -0.2) is 14.4 Å². The van der Waals surface area contributed by atoms with Gasteiger partial charge in [0.25, 0.3) is 10.0 Å². The number of nitrogens with one attached hydrogen (secondary N) is 1. The second kappa shape index (κ2) is 6.89. The molecule has 0 atom stereocenters. The molecule has 130 valence electrons. The van der Waals surface area contributed by atoms with Crippen LogP contribution in [0.4, 0.5) is 10.1 Å². The summed E-state index contributed by atoms with van der Waals surface area (Å²) in [6.07, 6.45) is 3.90. The van der Waals surface area contributed by atoms with Gasteiger partial charge in [-0.1, -0.05) is 6.07 Å². The topological polar surface area (TPSA) is 86.1 Å². The molecule has 0 amide bonds. The molecule has 2 heterocycles. The maximum atomic E-state index is 12.6. The van der Waals surface area contributed by atoms with E-state index >= 15 is 0 Å². The van der Waals surface area contributed by atoms with E-state index in [0.717, 1.165) is 0 Å². The molecular weight excluding hydrogens is 347 g/mol. The molecule has 0 saturated carbocycles. The highest BCUT2D eigenvalue weighted by Gasteiger charge is 2.21. The summed E-state index contributed by atoms with van der Waals surface area (Å²) in [5.74, 6) is 0.940. The van der Waals surface area contributed by atoms with E-state index in [2.05, 4.69) is 14.7 Å². The first kappa shape index (κ1) is 16.9. The number of methoxy groups -OCH3 is 1. The van der Waals surface area contributed by atoms with Crippen LogP contribution in [-0.2, 0) is 16.7 Å². The molecule has 0 aliphatic rings. The average Bonchev–Trinajstić information content (AvgIpc) is 3.13. The van der Waals surface area contributed by atoms with Crippen LogP contribution in [0.5, 0.6) is 5.75 Å². The van der Waals surface area contributed by atoms with Crippen LogP contribution >= 0.6 is 0 Å². The number of halogens is 1. The minimum atomic E-state index is -3.89. The summed E-state index contributed by atoms with van der Waals surface area (Å²) >= 11 is 0. The van der Waals surface area contributed by atoms with Gasteiger partial charge in [0.15, 0.2) is 5.03 Å². The molecule has 0 aliphatic heterocycles. The first-order valence-electron chi connectivity index (χ1n) is 7.24. The molecule has 0 radical (unpaired) electrons. The van der Waals surface area contributed by atoms with Crippen molar-refractivity contribution in [2.75, 3.05) is 11.8 Å². The number of ether oxygens (including phenoxy) is 1. The van der Waals surface area contributed by atoms with Crippen LogP contribution < -0.4 is 9.46 Å². The van der Waals surface area contributed by atoms with E-state index in [1.165, 1.54) is 42.5 Å². The first-order chi connectivity index (χ1) is 12.0. The molecule has 0 bridgehead atoms. The third-order valence-corrected chi connectivity index (χ3v) is 4.79. The highest BCUT2D eigenvalue weighted by Crippen LogP contribution is 2.20. The van der Waals surface area contributed by atoms with Crippen LogP contribution in [0.1, 0.15) is 5.56 Å². The minimum absolute atomic E-state index is 0.0798. The van der Waals surface area contributed by atoms with Crippen LogP contribution in [0.15, 0.2) is 60.1 Å². The smallest absolute Gasteiger partial charge is 0.279 e. The highest BCUT2D eigenvalue weighted by atomic mass is 32.2. The normalized spacial score (nSPS) is 11.3. The van der Waals surface area contributed by atoms with Gasteiger partial charge < -0.3 is 4.74 Å². The Balaban J connectivity index is 1.91. The number of pyridine rings is 1. The Morgan fingerprint density at radius 2 is 1.92 bits per heavy atom. The number of alkyl halides is 1. The lowest BCUT2D eigenvalue weighted by Crippen LogP contribution is -2.17. The quantitative estimate of drug-likeness (QED) is 0.728. The van der Waals surface area contributed by atoms with E-state index in [1.54, 1.807) is 24.3 Å². The maximum absolute atomic E-state index is 12.6. The number of anilines is 1. The van der Waals surface area contributed by atoms with Crippen molar-refractivity contribution in [2.24, 2.45) is 0 Å². The van der Waals surface area contributed by atoms with E-state index in [4.69, 9.17) is 4.74 Å². The molecule has 1 N–H and O–H groups in total. The van der Waals surface area contributed by atoms with Crippen LogP contribution in [0.25, 0.3) is 5.82 Å².